The predicted octanol–water partition coefficient (Wildman–Crippen LogP) is 14.9. The smallest absolute Gasteiger partial charge is 0.449 e. The van der Waals surface area contributed by atoms with Gasteiger partial charge < -0.3 is 24.1 Å². The maximum atomic E-state index is 12.3. The zero-order valence-corrected chi connectivity index (χ0v) is 42.0. The summed E-state index contributed by atoms with van der Waals surface area (Å²) >= 11 is 27.6. The van der Waals surface area contributed by atoms with Gasteiger partial charge >= 0.3 is 12.1 Å². The molecule has 0 heterocycles. The van der Waals surface area contributed by atoms with Crippen molar-refractivity contribution in [3.63, 3.8) is 0 Å². The third kappa shape index (κ3) is 20.9. The van der Waals surface area contributed by atoms with Crippen molar-refractivity contribution in [3.8, 4) is 11.5 Å². The van der Waals surface area contributed by atoms with Crippen LogP contribution in [0.15, 0.2) is 146 Å². The molecular weight excluding hydrogens is 1010 g/mol. The molecule has 0 fully saturated rings. The van der Waals surface area contributed by atoms with Crippen molar-refractivity contribution in [2.24, 2.45) is 0 Å². The van der Waals surface area contributed by atoms with Crippen molar-refractivity contribution in [2.45, 2.75) is 44.1 Å². The van der Waals surface area contributed by atoms with Gasteiger partial charge in [0.1, 0.15) is 23.7 Å². The van der Waals surface area contributed by atoms with Crippen LogP contribution in [0.4, 0.5) is 13.2 Å². The van der Waals surface area contributed by atoms with Crippen LogP contribution in [-0.2, 0) is 31.9 Å². The fraction of sp³-hybridized carbons (Fsp3) is 0.283. The number of alkyl halides is 3. The number of aliphatic carboxylic acids is 1. The van der Waals surface area contributed by atoms with Gasteiger partial charge in [-0.2, -0.15) is 36.7 Å². The summed E-state index contributed by atoms with van der Waals surface area (Å²) in [4.78, 5) is 21.6. The Balaban J connectivity index is 0.000000258. The molecule has 0 unspecified atom stereocenters. The predicted molar refractivity (Wildman–Crippen MR) is 275 cm³/mol. The molecule has 16 heteroatoms. The largest absolute Gasteiger partial charge is 0.493 e. The van der Waals surface area contributed by atoms with Gasteiger partial charge in [0.15, 0.2) is 0 Å². The number of rotatable bonds is 26. The Labute approximate surface area is 429 Å². The van der Waals surface area contributed by atoms with E-state index in [9.17, 15) is 22.8 Å². The summed E-state index contributed by atoms with van der Waals surface area (Å²) in [5.74, 6) is 2.12. The summed E-state index contributed by atoms with van der Waals surface area (Å²) in [6.07, 6.45) is -5.05. The second kappa shape index (κ2) is 29.7. The normalized spacial score (nSPS) is 11.3. The Morgan fingerprint density at radius 1 is 0.464 bits per heavy atom. The van der Waals surface area contributed by atoms with Gasteiger partial charge in [0.05, 0.1) is 26.4 Å². The number of aryl methyl sites for hydroxylation is 2. The molecule has 0 bridgehead atoms. The van der Waals surface area contributed by atoms with Crippen LogP contribution in [0.25, 0.3) is 0 Å². The number of benzene rings is 6. The SMILES string of the molecule is O=C(CCc1ccc(OCCSCCOC(c2ccc(Cl)cc2)c2ccc(Cl)cc2)cc1)C(F)(F)F.O=C(O)CCc1ccc(OCCSCCOC(c2ccc(Cl)cc2)c2ccc(Cl)cc2)cc1. The number of ether oxygens (including phenoxy) is 4. The second-order valence-electron chi connectivity index (χ2n) is 15.2. The number of Topliss-reactive ketones (excluding diaryl/α,β-unsaturated/α-hetero) is 1. The highest BCUT2D eigenvalue weighted by Crippen LogP contribution is 2.30. The lowest BCUT2D eigenvalue weighted by Crippen LogP contribution is -2.22. The number of hydrogen-bond donors (Lipinski definition) is 1. The van der Waals surface area contributed by atoms with E-state index in [-0.39, 0.29) is 25.0 Å². The van der Waals surface area contributed by atoms with Crippen LogP contribution in [0, 0.1) is 0 Å². The zero-order chi connectivity index (χ0) is 49.4. The van der Waals surface area contributed by atoms with E-state index < -0.39 is 24.3 Å². The van der Waals surface area contributed by atoms with Gasteiger partial charge in [0.25, 0.3) is 0 Å². The van der Waals surface area contributed by atoms with E-state index in [4.69, 9.17) is 70.5 Å². The molecule has 0 aliphatic heterocycles. The molecule has 0 aliphatic rings. The lowest BCUT2D eigenvalue weighted by atomic mass is 10.0. The monoisotopic (exact) mass is 1060 g/mol. The average Bonchev–Trinajstić information content (AvgIpc) is 3.34. The molecule has 0 saturated carbocycles. The number of carbonyl (C=O) groups excluding carboxylic acids is 1. The number of thioether (sulfide) groups is 2. The standard InChI is InChI=1S/C27H25Cl2F3O3S.C26H26Cl2O4S/c28-22-8-4-20(5-9-22)26(21-6-10-23(29)11-7-21)35-16-18-36-17-15-34-24-12-1-19(2-13-24)3-14-25(33)27(30,31)32;27-22-8-4-20(5-9-22)26(21-6-10-23(28)11-7-21)32-16-18-33-17-15-31-24-12-1-19(2-13-24)3-14-25(29)30/h1-2,4-13,26H,3,14-18H2;1-2,4-13,26H,3,14-18H2,(H,29,30). The van der Waals surface area contributed by atoms with Crippen molar-refractivity contribution < 1.29 is 46.8 Å². The van der Waals surface area contributed by atoms with Crippen molar-refractivity contribution in [3.05, 3.63) is 199 Å². The fourth-order valence-corrected chi connectivity index (χ4v) is 8.31. The number of ketones is 1. The Morgan fingerprint density at radius 2 is 0.768 bits per heavy atom. The van der Waals surface area contributed by atoms with Crippen LogP contribution in [0.3, 0.4) is 0 Å². The van der Waals surface area contributed by atoms with E-state index in [0.29, 0.717) is 64.3 Å². The van der Waals surface area contributed by atoms with Crippen molar-refractivity contribution >= 4 is 81.7 Å². The molecule has 1 N–H and O–H groups in total. The summed E-state index contributed by atoms with van der Waals surface area (Å²) in [6.45, 7) is 2.20. The summed E-state index contributed by atoms with van der Waals surface area (Å²) < 4.78 is 60.8. The van der Waals surface area contributed by atoms with E-state index in [1.165, 1.54) is 0 Å². The number of carboxylic acids is 1. The van der Waals surface area contributed by atoms with Crippen molar-refractivity contribution in [1.29, 1.82) is 0 Å². The molecule has 0 spiro atoms. The summed E-state index contributed by atoms with van der Waals surface area (Å²) in [5, 5.41) is 11.5. The molecule has 366 valence electrons. The van der Waals surface area contributed by atoms with Gasteiger partial charge in [-0.05, 0) is 119 Å². The third-order valence-electron chi connectivity index (χ3n) is 10.1. The summed E-state index contributed by atoms with van der Waals surface area (Å²) in [6, 6.07) is 44.9. The van der Waals surface area contributed by atoms with Crippen LogP contribution < -0.4 is 9.47 Å². The topological polar surface area (TPSA) is 91.3 Å². The number of carbonyl (C=O) groups is 2. The lowest BCUT2D eigenvalue weighted by molar-refractivity contribution is -0.171. The first-order valence-electron chi connectivity index (χ1n) is 21.9. The van der Waals surface area contributed by atoms with Crippen LogP contribution in [-0.4, -0.2) is 72.5 Å². The molecule has 69 heavy (non-hydrogen) atoms. The molecule has 0 atom stereocenters. The maximum absolute atomic E-state index is 12.3. The van der Waals surface area contributed by atoms with Gasteiger partial charge in [0, 0.05) is 55.9 Å². The molecule has 0 radical (unpaired) electrons. The average molecular weight is 1060 g/mol. The van der Waals surface area contributed by atoms with E-state index in [1.54, 1.807) is 47.8 Å². The Kier molecular flexibility index (Phi) is 23.9. The maximum Gasteiger partial charge on any atom is 0.449 e. The van der Waals surface area contributed by atoms with Crippen LogP contribution in [0.5, 0.6) is 11.5 Å². The Hall–Kier alpha value is -4.37. The minimum Gasteiger partial charge on any atom is -0.493 e. The first-order valence-corrected chi connectivity index (χ1v) is 25.7. The highest BCUT2D eigenvalue weighted by molar-refractivity contribution is 7.99. The number of halogens is 7. The van der Waals surface area contributed by atoms with Crippen LogP contribution >= 0.6 is 69.9 Å². The van der Waals surface area contributed by atoms with Crippen LogP contribution in [0.1, 0.15) is 58.4 Å². The molecule has 0 aromatic heterocycles. The Bertz CT molecular complexity index is 2340. The van der Waals surface area contributed by atoms with E-state index in [2.05, 4.69) is 0 Å². The molecule has 6 rings (SSSR count). The molecule has 0 saturated heterocycles. The summed E-state index contributed by atoms with van der Waals surface area (Å²) in [5.41, 5.74) is 5.74. The van der Waals surface area contributed by atoms with E-state index >= 15 is 0 Å². The minimum atomic E-state index is -4.78. The second-order valence-corrected chi connectivity index (χ2v) is 19.4. The Morgan fingerprint density at radius 3 is 1.07 bits per heavy atom. The minimum absolute atomic E-state index is 0.0432. The zero-order valence-electron chi connectivity index (χ0n) is 37.4. The van der Waals surface area contributed by atoms with Crippen molar-refractivity contribution in [2.75, 3.05) is 49.4 Å². The molecule has 6 aromatic rings. The van der Waals surface area contributed by atoms with E-state index in [1.807, 2.05) is 121 Å². The van der Waals surface area contributed by atoms with Gasteiger partial charge in [-0.3, -0.25) is 9.59 Å². The molecule has 0 amide bonds. The van der Waals surface area contributed by atoms with Crippen LogP contribution in [0.2, 0.25) is 20.1 Å². The van der Waals surface area contributed by atoms with Gasteiger partial charge in [-0.25, -0.2) is 0 Å². The third-order valence-corrected chi connectivity index (χ3v) is 13.0. The highest BCUT2D eigenvalue weighted by Gasteiger charge is 2.37. The molecule has 7 nitrogen and oxygen atoms in total. The quantitative estimate of drug-likeness (QED) is 0.0533. The fourth-order valence-electron chi connectivity index (χ4n) is 6.57. The lowest BCUT2D eigenvalue weighted by Gasteiger charge is -2.19. The molecule has 0 aliphatic carbocycles. The number of carboxylic acid groups (broad SMARTS) is 1. The van der Waals surface area contributed by atoms with Gasteiger partial charge in [-0.1, -0.05) is 119 Å². The molecular formula is C53H51Cl4F3O7S2. The van der Waals surface area contributed by atoms with E-state index in [0.717, 1.165) is 56.6 Å². The summed E-state index contributed by atoms with van der Waals surface area (Å²) in [7, 11) is 0. The first-order chi connectivity index (χ1) is 33.2. The van der Waals surface area contributed by atoms with Gasteiger partial charge in [-0.15, -0.1) is 0 Å². The first kappa shape index (κ1) is 55.6. The van der Waals surface area contributed by atoms with Crippen molar-refractivity contribution in [1.82, 2.24) is 0 Å². The molecule has 6 aromatic carbocycles. The van der Waals surface area contributed by atoms with Gasteiger partial charge in [0.2, 0.25) is 5.78 Å². The number of hydrogen-bond acceptors (Lipinski definition) is 8. The highest BCUT2D eigenvalue weighted by atomic mass is 35.5.